The van der Waals surface area contributed by atoms with Crippen molar-refractivity contribution in [3.8, 4) is 17.6 Å². The molecule has 11 heteroatoms. The van der Waals surface area contributed by atoms with Gasteiger partial charge in [0, 0.05) is 5.56 Å². The number of aromatic amines is 2. The van der Waals surface area contributed by atoms with Gasteiger partial charge in [0.15, 0.2) is 11.5 Å². The minimum Gasteiger partial charge on any atom is -0.493 e. The number of hydrogen-bond acceptors (Lipinski definition) is 7. The Balaban J connectivity index is 1.92. The Hall–Kier alpha value is -4.36. The molecule has 0 unspecified atom stereocenters. The number of hydrogen-bond donors (Lipinski definition) is 2. The van der Waals surface area contributed by atoms with Crippen molar-refractivity contribution in [3.05, 3.63) is 94.8 Å². The monoisotopic (exact) mass is 454 g/mol. The number of ether oxygens (including phenoxy) is 2. The second-order valence-corrected chi connectivity index (χ2v) is 6.76. The Morgan fingerprint density at radius 1 is 1.22 bits per heavy atom. The summed E-state index contributed by atoms with van der Waals surface area (Å²) in [4.78, 5) is 37.5. The van der Waals surface area contributed by atoms with Crippen LogP contribution >= 0.6 is 11.6 Å². The fraction of sp³-hybridized carbons (Fsp3) is 0.0952. The van der Waals surface area contributed by atoms with E-state index in [-0.39, 0.29) is 28.8 Å². The first kappa shape index (κ1) is 22.3. The molecule has 2 aromatic carbocycles. The summed E-state index contributed by atoms with van der Waals surface area (Å²) in [6.07, 6.45) is 2.63. The lowest BCUT2D eigenvalue weighted by molar-refractivity contribution is -0.386. The van der Waals surface area contributed by atoms with Gasteiger partial charge in [-0.05, 0) is 29.8 Å². The van der Waals surface area contributed by atoms with Crippen molar-refractivity contribution in [1.29, 1.82) is 5.26 Å². The normalized spacial score (nSPS) is 10.7. The van der Waals surface area contributed by atoms with Crippen LogP contribution in [0.5, 0.6) is 11.5 Å². The van der Waals surface area contributed by atoms with E-state index < -0.39 is 21.9 Å². The summed E-state index contributed by atoms with van der Waals surface area (Å²) < 4.78 is 11.1. The number of aromatic nitrogens is 2. The van der Waals surface area contributed by atoms with Crippen molar-refractivity contribution in [2.24, 2.45) is 0 Å². The van der Waals surface area contributed by atoms with Crippen LogP contribution in [0.2, 0.25) is 5.02 Å². The van der Waals surface area contributed by atoms with Crippen molar-refractivity contribution in [3.63, 3.8) is 0 Å². The van der Waals surface area contributed by atoms with Crippen LogP contribution in [0, 0.1) is 21.4 Å². The van der Waals surface area contributed by atoms with Gasteiger partial charge in [-0.15, -0.1) is 0 Å². The lowest BCUT2D eigenvalue weighted by atomic mass is 10.1. The highest BCUT2D eigenvalue weighted by Crippen LogP contribution is 2.37. The van der Waals surface area contributed by atoms with E-state index >= 15 is 0 Å². The molecule has 0 atom stereocenters. The zero-order chi connectivity index (χ0) is 23.3. The highest BCUT2D eigenvalue weighted by Gasteiger charge is 2.19. The molecule has 2 N–H and O–H groups in total. The quantitative estimate of drug-likeness (QED) is 0.410. The van der Waals surface area contributed by atoms with Crippen molar-refractivity contribution in [1.82, 2.24) is 9.97 Å². The fourth-order valence-electron chi connectivity index (χ4n) is 2.86. The molecule has 0 aliphatic carbocycles. The topological polar surface area (TPSA) is 151 Å². The van der Waals surface area contributed by atoms with Crippen LogP contribution < -0.4 is 20.7 Å². The Morgan fingerprint density at radius 3 is 2.66 bits per heavy atom. The highest BCUT2D eigenvalue weighted by molar-refractivity contribution is 6.32. The van der Waals surface area contributed by atoms with Gasteiger partial charge in [-0.1, -0.05) is 35.9 Å². The first-order chi connectivity index (χ1) is 15.3. The van der Waals surface area contributed by atoms with Gasteiger partial charge in [0.2, 0.25) is 0 Å². The van der Waals surface area contributed by atoms with Crippen LogP contribution in [0.3, 0.4) is 0 Å². The SMILES string of the molecule is COc1cc(C=Cc2[nH]c(=O)[nH]c(=O)c2[N+](=O)[O-])cc(Cl)c1OCc1ccccc1C#N. The molecule has 0 aliphatic heterocycles. The molecule has 0 saturated heterocycles. The number of nitriles is 1. The minimum atomic E-state index is -1.12. The Kier molecular flexibility index (Phi) is 6.72. The zero-order valence-corrected chi connectivity index (χ0v) is 17.3. The Morgan fingerprint density at radius 2 is 1.97 bits per heavy atom. The molecule has 0 fully saturated rings. The van der Waals surface area contributed by atoms with Crippen molar-refractivity contribution in [2.75, 3.05) is 7.11 Å². The molecule has 0 spiro atoms. The number of benzene rings is 2. The summed E-state index contributed by atoms with van der Waals surface area (Å²) in [5.41, 5.74) is -1.46. The predicted molar refractivity (Wildman–Crippen MR) is 117 cm³/mol. The summed E-state index contributed by atoms with van der Waals surface area (Å²) in [6, 6.07) is 12.1. The number of halogens is 1. The van der Waals surface area contributed by atoms with E-state index in [1.54, 1.807) is 30.3 Å². The number of nitrogens with zero attached hydrogens (tertiary/aromatic N) is 2. The molecule has 32 heavy (non-hydrogen) atoms. The molecule has 0 amide bonds. The second kappa shape index (κ2) is 9.63. The Bertz CT molecular complexity index is 1370. The maximum absolute atomic E-state index is 11.7. The lowest BCUT2D eigenvalue weighted by Crippen LogP contribution is -2.25. The van der Waals surface area contributed by atoms with Gasteiger partial charge < -0.3 is 14.5 Å². The smallest absolute Gasteiger partial charge is 0.357 e. The second-order valence-electron chi connectivity index (χ2n) is 6.35. The third-order valence-corrected chi connectivity index (χ3v) is 4.61. The maximum atomic E-state index is 11.7. The summed E-state index contributed by atoms with van der Waals surface area (Å²) in [5, 5.41) is 20.5. The van der Waals surface area contributed by atoms with E-state index in [4.69, 9.17) is 21.1 Å². The highest BCUT2D eigenvalue weighted by atomic mass is 35.5. The maximum Gasteiger partial charge on any atom is 0.357 e. The lowest BCUT2D eigenvalue weighted by Gasteiger charge is -2.14. The first-order valence-corrected chi connectivity index (χ1v) is 9.39. The average molecular weight is 455 g/mol. The number of H-pyrrole nitrogens is 2. The van der Waals surface area contributed by atoms with Gasteiger partial charge in [-0.2, -0.15) is 5.26 Å². The van der Waals surface area contributed by atoms with Crippen molar-refractivity contribution < 1.29 is 14.4 Å². The van der Waals surface area contributed by atoms with Crippen molar-refractivity contribution >= 4 is 29.4 Å². The number of nitro groups is 1. The third kappa shape index (κ3) is 4.85. The van der Waals surface area contributed by atoms with E-state index in [2.05, 4.69) is 11.1 Å². The standard InChI is InChI=1S/C21H15ClN4O6/c1-31-17-9-12(6-7-16-18(26(29)30)20(27)25-21(28)24-16)8-15(22)19(17)32-11-14-5-3-2-4-13(14)10-23/h2-9H,11H2,1H3,(H2,24,25,27,28). The zero-order valence-electron chi connectivity index (χ0n) is 16.5. The molecule has 0 aliphatic rings. The third-order valence-electron chi connectivity index (χ3n) is 4.33. The first-order valence-electron chi connectivity index (χ1n) is 9.01. The largest absolute Gasteiger partial charge is 0.493 e. The molecule has 1 aromatic heterocycles. The van der Waals surface area contributed by atoms with Gasteiger partial charge >= 0.3 is 16.9 Å². The molecule has 0 saturated carbocycles. The van der Waals surface area contributed by atoms with E-state index in [9.17, 15) is 25.0 Å². The molecule has 3 rings (SSSR count). The number of nitrogens with one attached hydrogen (secondary N) is 2. The van der Waals surface area contributed by atoms with Gasteiger partial charge in [0.1, 0.15) is 12.3 Å². The van der Waals surface area contributed by atoms with Crippen molar-refractivity contribution in [2.45, 2.75) is 6.61 Å². The molecule has 0 radical (unpaired) electrons. The number of rotatable bonds is 7. The van der Waals surface area contributed by atoms with Crippen LogP contribution in [-0.2, 0) is 6.61 Å². The molecule has 0 bridgehead atoms. The summed E-state index contributed by atoms with van der Waals surface area (Å²) in [7, 11) is 1.41. The van der Waals surface area contributed by atoms with Gasteiger partial charge in [0.05, 0.1) is 28.7 Å². The Labute approximate surface area is 185 Å². The number of methoxy groups -OCH3 is 1. The van der Waals surface area contributed by atoms with E-state index in [1.807, 2.05) is 4.98 Å². The van der Waals surface area contributed by atoms with E-state index in [1.165, 1.54) is 25.3 Å². The summed E-state index contributed by atoms with van der Waals surface area (Å²) in [5.74, 6) is 0.523. The molecular formula is C21H15ClN4O6. The average Bonchev–Trinajstić information content (AvgIpc) is 2.75. The summed E-state index contributed by atoms with van der Waals surface area (Å²) in [6.45, 7) is 0.0786. The van der Waals surface area contributed by atoms with Gasteiger partial charge in [0.25, 0.3) is 0 Å². The molecule has 3 aromatic rings. The molecular weight excluding hydrogens is 440 g/mol. The fourth-order valence-corrected chi connectivity index (χ4v) is 3.13. The van der Waals surface area contributed by atoms with E-state index in [0.717, 1.165) is 0 Å². The molecule has 162 valence electrons. The van der Waals surface area contributed by atoms with Crippen LogP contribution in [-0.4, -0.2) is 22.0 Å². The molecule has 1 heterocycles. The van der Waals surface area contributed by atoms with Crippen LogP contribution in [0.15, 0.2) is 46.0 Å². The van der Waals surface area contributed by atoms with Crippen LogP contribution in [0.25, 0.3) is 12.2 Å². The van der Waals surface area contributed by atoms with E-state index in [0.29, 0.717) is 16.7 Å². The molecule has 10 nitrogen and oxygen atoms in total. The van der Waals surface area contributed by atoms with Crippen LogP contribution in [0.1, 0.15) is 22.4 Å². The minimum absolute atomic E-state index is 0.0786. The van der Waals surface area contributed by atoms with Crippen LogP contribution in [0.4, 0.5) is 5.69 Å². The van der Waals surface area contributed by atoms with Gasteiger partial charge in [-0.25, -0.2) is 4.79 Å². The predicted octanol–water partition coefficient (Wildman–Crippen LogP) is 3.25. The van der Waals surface area contributed by atoms with Gasteiger partial charge in [-0.3, -0.25) is 19.9 Å². The summed E-state index contributed by atoms with van der Waals surface area (Å²) >= 11 is 6.34.